The van der Waals surface area contributed by atoms with E-state index in [1.54, 1.807) is 5.56 Å². The quantitative estimate of drug-likeness (QED) is 0.354. The van der Waals surface area contributed by atoms with Crippen LogP contribution < -0.4 is 4.74 Å². The maximum absolute atomic E-state index is 5.92. The summed E-state index contributed by atoms with van der Waals surface area (Å²) < 4.78 is 5.92. The first kappa shape index (κ1) is 21.2. The van der Waals surface area contributed by atoms with E-state index in [0.29, 0.717) is 0 Å². The molecule has 0 unspecified atom stereocenters. The number of rotatable bonds is 11. The summed E-state index contributed by atoms with van der Waals surface area (Å²) in [5.74, 6) is 2.77. The molecule has 0 spiro atoms. The van der Waals surface area contributed by atoms with Gasteiger partial charge in [0, 0.05) is 0 Å². The maximum Gasteiger partial charge on any atom is 0.119 e. The number of ether oxygens (including phenoxy) is 1. The van der Waals surface area contributed by atoms with Crippen LogP contribution in [0.3, 0.4) is 0 Å². The van der Waals surface area contributed by atoms with Crippen molar-refractivity contribution in [2.45, 2.75) is 96.8 Å². The van der Waals surface area contributed by atoms with Crippen molar-refractivity contribution in [2.24, 2.45) is 5.92 Å². The summed E-state index contributed by atoms with van der Waals surface area (Å²) in [6.45, 7) is 5.36. The van der Waals surface area contributed by atoms with Gasteiger partial charge < -0.3 is 4.74 Å². The highest BCUT2D eigenvalue weighted by Gasteiger charge is 2.22. The largest absolute Gasteiger partial charge is 0.494 e. The molecule has 1 fully saturated rings. The van der Waals surface area contributed by atoms with E-state index in [1.807, 2.05) is 0 Å². The molecule has 2 aromatic carbocycles. The van der Waals surface area contributed by atoms with E-state index in [9.17, 15) is 0 Å². The normalized spacial score (nSPS) is 19.8. The fourth-order valence-electron chi connectivity index (χ4n) is 4.77. The second kappa shape index (κ2) is 11.5. The Kier molecular flexibility index (Phi) is 8.70. The van der Waals surface area contributed by atoms with Gasteiger partial charge in [-0.1, -0.05) is 83.1 Å². The van der Waals surface area contributed by atoms with Crippen LogP contribution in [0.15, 0.2) is 36.4 Å². The summed E-state index contributed by atoms with van der Waals surface area (Å²) in [6.07, 6.45) is 16.4. The summed E-state index contributed by atoms with van der Waals surface area (Å²) in [7, 11) is 0. The van der Waals surface area contributed by atoms with Crippen LogP contribution in [0.5, 0.6) is 5.75 Å². The molecule has 1 aliphatic carbocycles. The third-order valence-corrected chi connectivity index (χ3v) is 6.64. The molecular formula is C27H40O. The van der Waals surface area contributed by atoms with Crippen LogP contribution in [0, 0.1) is 5.92 Å². The Labute approximate surface area is 172 Å². The third kappa shape index (κ3) is 6.26. The zero-order valence-electron chi connectivity index (χ0n) is 18.2. The molecule has 154 valence electrons. The van der Waals surface area contributed by atoms with Gasteiger partial charge in [-0.25, -0.2) is 0 Å². The lowest BCUT2D eigenvalue weighted by Crippen LogP contribution is -2.13. The predicted octanol–water partition coefficient (Wildman–Crippen LogP) is 8.65. The van der Waals surface area contributed by atoms with E-state index in [4.69, 9.17) is 4.74 Å². The minimum atomic E-state index is 0.765. The van der Waals surface area contributed by atoms with Gasteiger partial charge in [-0.15, -0.1) is 0 Å². The first-order chi connectivity index (χ1) is 13.8. The zero-order chi connectivity index (χ0) is 19.6. The van der Waals surface area contributed by atoms with E-state index in [1.165, 1.54) is 81.4 Å². The molecule has 1 aliphatic rings. The molecule has 0 saturated heterocycles. The smallest absolute Gasteiger partial charge is 0.119 e. The van der Waals surface area contributed by atoms with Gasteiger partial charge in [-0.3, -0.25) is 0 Å². The molecule has 0 amide bonds. The summed E-state index contributed by atoms with van der Waals surface area (Å²) in [5.41, 5.74) is 1.55. The van der Waals surface area contributed by atoms with Gasteiger partial charge in [0.2, 0.25) is 0 Å². The highest BCUT2D eigenvalue weighted by atomic mass is 16.5. The molecule has 0 bridgehead atoms. The van der Waals surface area contributed by atoms with Gasteiger partial charge in [0.25, 0.3) is 0 Å². The average molecular weight is 381 g/mol. The van der Waals surface area contributed by atoms with Crippen LogP contribution in [0.2, 0.25) is 0 Å². The Morgan fingerprint density at radius 1 is 0.750 bits per heavy atom. The van der Waals surface area contributed by atoms with E-state index in [0.717, 1.165) is 30.6 Å². The number of hydrogen-bond acceptors (Lipinski definition) is 1. The Balaban J connectivity index is 1.52. The van der Waals surface area contributed by atoms with E-state index in [2.05, 4.69) is 50.2 Å². The molecule has 1 nitrogen and oxygen atoms in total. The van der Waals surface area contributed by atoms with Crippen LogP contribution in [-0.4, -0.2) is 6.61 Å². The van der Waals surface area contributed by atoms with Crippen molar-refractivity contribution in [3.8, 4) is 5.75 Å². The van der Waals surface area contributed by atoms with E-state index < -0.39 is 0 Å². The van der Waals surface area contributed by atoms with E-state index >= 15 is 0 Å². The van der Waals surface area contributed by atoms with Gasteiger partial charge in [-0.05, 0) is 72.4 Å². The molecule has 0 heterocycles. The minimum Gasteiger partial charge on any atom is -0.494 e. The number of fused-ring (bicyclic) bond motifs is 1. The third-order valence-electron chi connectivity index (χ3n) is 6.64. The SMILES string of the molecule is CCCCCC[C@H]1CC[C@H](c2ccc3cc(OCCCCC)ccc3c2)CC1. The lowest BCUT2D eigenvalue weighted by atomic mass is 9.77. The summed E-state index contributed by atoms with van der Waals surface area (Å²) in [6, 6.07) is 13.7. The molecule has 1 heteroatoms. The van der Waals surface area contributed by atoms with Crippen molar-refractivity contribution in [2.75, 3.05) is 6.61 Å². The van der Waals surface area contributed by atoms with Gasteiger partial charge >= 0.3 is 0 Å². The van der Waals surface area contributed by atoms with Crippen LogP contribution >= 0.6 is 0 Å². The second-order valence-corrected chi connectivity index (χ2v) is 8.89. The first-order valence-corrected chi connectivity index (χ1v) is 12.0. The fraction of sp³-hybridized carbons (Fsp3) is 0.630. The van der Waals surface area contributed by atoms with Crippen LogP contribution in [0.4, 0.5) is 0 Å². The van der Waals surface area contributed by atoms with Crippen molar-refractivity contribution >= 4 is 10.8 Å². The molecule has 3 rings (SSSR count). The predicted molar refractivity (Wildman–Crippen MR) is 122 cm³/mol. The van der Waals surface area contributed by atoms with Gasteiger partial charge in [-0.2, -0.15) is 0 Å². The van der Waals surface area contributed by atoms with Crippen molar-refractivity contribution in [1.82, 2.24) is 0 Å². The maximum atomic E-state index is 5.92. The Hall–Kier alpha value is -1.50. The lowest BCUT2D eigenvalue weighted by Gasteiger charge is -2.29. The monoisotopic (exact) mass is 380 g/mol. The first-order valence-electron chi connectivity index (χ1n) is 12.0. The fourth-order valence-corrected chi connectivity index (χ4v) is 4.77. The van der Waals surface area contributed by atoms with Gasteiger partial charge in [0.15, 0.2) is 0 Å². The molecule has 0 aliphatic heterocycles. The number of unbranched alkanes of at least 4 members (excludes halogenated alkanes) is 5. The summed E-state index contributed by atoms with van der Waals surface area (Å²) in [4.78, 5) is 0. The van der Waals surface area contributed by atoms with E-state index in [-0.39, 0.29) is 0 Å². The highest BCUT2D eigenvalue weighted by molar-refractivity contribution is 5.84. The molecule has 2 aromatic rings. The zero-order valence-corrected chi connectivity index (χ0v) is 18.2. The molecule has 1 saturated carbocycles. The summed E-state index contributed by atoms with van der Waals surface area (Å²) >= 11 is 0. The highest BCUT2D eigenvalue weighted by Crippen LogP contribution is 2.38. The second-order valence-electron chi connectivity index (χ2n) is 8.89. The number of hydrogen-bond donors (Lipinski definition) is 0. The van der Waals surface area contributed by atoms with Crippen molar-refractivity contribution < 1.29 is 4.74 Å². The van der Waals surface area contributed by atoms with Gasteiger partial charge in [0.1, 0.15) is 5.75 Å². The minimum absolute atomic E-state index is 0.765. The molecule has 0 aromatic heterocycles. The standard InChI is InChI=1S/C27H40O/c1-3-5-7-8-10-22-11-13-23(14-12-22)24-15-16-26-21-27(18-17-25(26)20-24)28-19-9-6-4-2/h15-18,20-23H,3-14,19H2,1-2H3/t22-,23-. The Morgan fingerprint density at radius 2 is 1.46 bits per heavy atom. The molecule has 0 atom stereocenters. The Bertz CT molecular complexity index is 696. The van der Waals surface area contributed by atoms with Crippen molar-refractivity contribution in [3.05, 3.63) is 42.0 Å². The Morgan fingerprint density at radius 3 is 2.25 bits per heavy atom. The lowest BCUT2D eigenvalue weighted by molar-refractivity contribution is 0.302. The summed E-state index contributed by atoms with van der Waals surface area (Å²) in [5, 5.41) is 2.67. The molecule has 0 N–H and O–H groups in total. The van der Waals surface area contributed by atoms with Crippen molar-refractivity contribution in [1.29, 1.82) is 0 Å². The molecule has 28 heavy (non-hydrogen) atoms. The van der Waals surface area contributed by atoms with Crippen LogP contribution in [0.1, 0.15) is 102 Å². The average Bonchev–Trinajstić information content (AvgIpc) is 2.74. The molecular weight excluding hydrogens is 340 g/mol. The van der Waals surface area contributed by atoms with Gasteiger partial charge in [0.05, 0.1) is 6.61 Å². The molecule has 0 radical (unpaired) electrons. The van der Waals surface area contributed by atoms with Crippen LogP contribution in [-0.2, 0) is 0 Å². The van der Waals surface area contributed by atoms with Crippen LogP contribution in [0.25, 0.3) is 10.8 Å². The van der Waals surface area contributed by atoms with Crippen molar-refractivity contribution in [3.63, 3.8) is 0 Å². The topological polar surface area (TPSA) is 9.23 Å². The number of benzene rings is 2.